The minimum atomic E-state index is -0.485. The minimum absolute atomic E-state index is 0.0745. The van der Waals surface area contributed by atoms with Gasteiger partial charge in [-0.05, 0) is 24.6 Å². The van der Waals surface area contributed by atoms with Crippen molar-refractivity contribution in [2.75, 3.05) is 11.9 Å². The molecule has 1 heterocycles. The number of aryl methyl sites for hydroxylation is 1. The number of anilines is 2. The van der Waals surface area contributed by atoms with Crippen LogP contribution in [0.2, 0.25) is 5.15 Å². The molecular formula is C13H12ClN3O2. The summed E-state index contributed by atoms with van der Waals surface area (Å²) in [5, 5.41) is 10.9. The van der Waals surface area contributed by atoms with Gasteiger partial charge in [0.1, 0.15) is 11.0 Å². The maximum atomic E-state index is 10.8. The van der Waals surface area contributed by atoms with Crippen molar-refractivity contribution in [3.8, 4) is 0 Å². The number of hydrogen-bond acceptors (Lipinski definition) is 4. The molecular weight excluding hydrogens is 266 g/mol. The second kappa shape index (κ2) is 5.24. The Morgan fingerprint density at radius 1 is 1.32 bits per heavy atom. The Labute approximate surface area is 115 Å². The molecule has 0 saturated heterocycles. The van der Waals surface area contributed by atoms with E-state index in [1.165, 1.54) is 12.1 Å². The predicted octanol–water partition coefficient (Wildman–Crippen LogP) is 3.72. The fraction of sp³-hybridized carbons (Fsp3) is 0.154. The second-order valence-corrected chi connectivity index (χ2v) is 4.55. The highest BCUT2D eigenvalue weighted by molar-refractivity contribution is 6.29. The Morgan fingerprint density at radius 3 is 2.68 bits per heavy atom. The Kier molecular flexibility index (Phi) is 3.66. The van der Waals surface area contributed by atoms with Crippen LogP contribution >= 0.6 is 11.6 Å². The van der Waals surface area contributed by atoms with Crippen molar-refractivity contribution < 1.29 is 4.92 Å². The first-order valence-electron chi connectivity index (χ1n) is 5.60. The summed E-state index contributed by atoms with van der Waals surface area (Å²) in [6, 6.07) is 10.4. The van der Waals surface area contributed by atoms with Crippen molar-refractivity contribution in [1.29, 1.82) is 0 Å². The summed E-state index contributed by atoms with van der Waals surface area (Å²) in [5.41, 5.74) is 1.92. The monoisotopic (exact) mass is 277 g/mol. The molecule has 0 amide bonds. The molecule has 5 nitrogen and oxygen atoms in total. The zero-order valence-corrected chi connectivity index (χ0v) is 11.3. The lowest BCUT2D eigenvalue weighted by Crippen LogP contribution is -2.11. The molecule has 98 valence electrons. The molecule has 2 rings (SSSR count). The number of pyridine rings is 1. The molecule has 6 heteroatoms. The van der Waals surface area contributed by atoms with Crippen LogP contribution in [0.4, 0.5) is 17.2 Å². The number of nitrogens with zero attached hydrogens (tertiary/aromatic N) is 3. The van der Waals surface area contributed by atoms with Crippen LogP contribution in [0.5, 0.6) is 0 Å². The van der Waals surface area contributed by atoms with E-state index in [0.717, 1.165) is 11.3 Å². The molecule has 1 aromatic heterocycles. The summed E-state index contributed by atoms with van der Waals surface area (Å²) >= 11 is 5.81. The summed E-state index contributed by atoms with van der Waals surface area (Å²) in [6.07, 6.45) is 0. The van der Waals surface area contributed by atoms with E-state index in [1.807, 2.05) is 31.2 Å². The van der Waals surface area contributed by atoms with Gasteiger partial charge in [-0.25, -0.2) is 4.98 Å². The minimum Gasteiger partial charge on any atom is -0.329 e. The number of nitro groups is 1. The van der Waals surface area contributed by atoms with Gasteiger partial charge in [0.05, 0.1) is 17.1 Å². The van der Waals surface area contributed by atoms with Gasteiger partial charge in [0.15, 0.2) is 0 Å². The molecule has 19 heavy (non-hydrogen) atoms. The van der Waals surface area contributed by atoms with Gasteiger partial charge in [-0.15, -0.1) is 0 Å². The molecule has 0 unspecified atom stereocenters. The highest BCUT2D eigenvalue weighted by Crippen LogP contribution is 2.27. The number of benzene rings is 1. The summed E-state index contributed by atoms with van der Waals surface area (Å²) in [4.78, 5) is 16.2. The van der Waals surface area contributed by atoms with Gasteiger partial charge in [0, 0.05) is 12.7 Å². The maximum absolute atomic E-state index is 10.8. The van der Waals surface area contributed by atoms with Crippen LogP contribution in [0, 0.1) is 17.0 Å². The third-order valence-electron chi connectivity index (χ3n) is 2.71. The van der Waals surface area contributed by atoms with E-state index in [4.69, 9.17) is 11.6 Å². The molecule has 0 radical (unpaired) electrons. The van der Waals surface area contributed by atoms with Crippen LogP contribution in [-0.4, -0.2) is 17.0 Å². The van der Waals surface area contributed by atoms with Gasteiger partial charge in [0.2, 0.25) is 0 Å². The lowest BCUT2D eigenvalue weighted by atomic mass is 10.2. The van der Waals surface area contributed by atoms with Crippen LogP contribution in [-0.2, 0) is 0 Å². The fourth-order valence-corrected chi connectivity index (χ4v) is 1.91. The van der Waals surface area contributed by atoms with Crippen molar-refractivity contribution in [3.63, 3.8) is 0 Å². The Hall–Kier alpha value is -2.14. The molecule has 0 atom stereocenters. The van der Waals surface area contributed by atoms with Crippen LogP contribution in [0.3, 0.4) is 0 Å². The summed E-state index contributed by atoms with van der Waals surface area (Å²) < 4.78 is 0. The molecule has 0 spiro atoms. The van der Waals surface area contributed by atoms with Gasteiger partial charge in [-0.3, -0.25) is 10.1 Å². The Morgan fingerprint density at radius 2 is 2.05 bits per heavy atom. The second-order valence-electron chi connectivity index (χ2n) is 4.16. The highest BCUT2D eigenvalue weighted by atomic mass is 35.5. The molecule has 0 N–H and O–H groups in total. The third kappa shape index (κ3) is 3.00. The number of hydrogen-bond donors (Lipinski definition) is 0. The van der Waals surface area contributed by atoms with Gasteiger partial charge in [-0.2, -0.15) is 0 Å². The first kappa shape index (κ1) is 13.3. The Bertz CT molecular complexity index is 631. The van der Waals surface area contributed by atoms with Crippen molar-refractivity contribution in [3.05, 3.63) is 57.2 Å². The predicted molar refractivity (Wildman–Crippen MR) is 75.1 cm³/mol. The largest absolute Gasteiger partial charge is 0.329 e. The molecule has 1 aromatic carbocycles. The SMILES string of the molecule is Cc1cccc(N(C)c2cc([N+](=O)[O-])cc(Cl)n2)c1. The van der Waals surface area contributed by atoms with Crippen LogP contribution in [0.15, 0.2) is 36.4 Å². The lowest BCUT2D eigenvalue weighted by molar-refractivity contribution is -0.384. The molecule has 2 aromatic rings. The van der Waals surface area contributed by atoms with Gasteiger partial charge < -0.3 is 4.90 Å². The van der Waals surface area contributed by atoms with E-state index in [2.05, 4.69) is 4.98 Å². The highest BCUT2D eigenvalue weighted by Gasteiger charge is 2.14. The van der Waals surface area contributed by atoms with Gasteiger partial charge in [-0.1, -0.05) is 23.7 Å². The molecule has 0 fully saturated rings. The summed E-state index contributed by atoms with van der Waals surface area (Å²) in [7, 11) is 1.79. The van der Waals surface area contributed by atoms with E-state index in [0.29, 0.717) is 5.82 Å². The van der Waals surface area contributed by atoms with Crippen molar-refractivity contribution in [1.82, 2.24) is 4.98 Å². The summed E-state index contributed by atoms with van der Waals surface area (Å²) in [6.45, 7) is 1.98. The summed E-state index contributed by atoms with van der Waals surface area (Å²) in [5.74, 6) is 0.435. The fourth-order valence-electron chi connectivity index (χ4n) is 1.72. The average Bonchev–Trinajstić information content (AvgIpc) is 2.37. The molecule has 0 saturated carbocycles. The van der Waals surface area contributed by atoms with E-state index >= 15 is 0 Å². The molecule has 0 bridgehead atoms. The molecule has 0 aliphatic heterocycles. The first-order valence-corrected chi connectivity index (χ1v) is 5.97. The van der Waals surface area contributed by atoms with Gasteiger partial charge >= 0.3 is 0 Å². The topological polar surface area (TPSA) is 59.3 Å². The van der Waals surface area contributed by atoms with Crippen molar-refractivity contribution in [2.24, 2.45) is 0 Å². The van der Waals surface area contributed by atoms with Crippen molar-refractivity contribution in [2.45, 2.75) is 6.92 Å². The Balaban J connectivity index is 2.43. The van der Waals surface area contributed by atoms with E-state index in [-0.39, 0.29) is 10.8 Å². The van der Waals surface area contributed by atoms with Crippen LogP contribution in [0.1, 0.15) is 5.56 Å². The van der Waals surface area contributed by atoms with E-state index in [1.54, 1.807) is 11.9 Å². The average molecular weight is 278 g/mol. The van der Waals surface area contributed by atoms with Crippen molar-refractivity contribution >= 4 is 28.8 Å². The van der Waals surface area contributed by atoms with Crippen LogP contribution < -0.4 is 4.90 Å². The number of aromatic nitrogens is 1. The number of rotatable bonds is 3. The van der Waals surface area contributed by atoms with Gasteiger partial charge in [0.25, 0.3) is 5.69 Å². The third-order valence-corrected chi connectivity index (χ3v) is 2.90. The zero-order valence-electron chi connectivity index (χ0n) is 10.5. The lowest BCUT2D eigenvalue weighted by Gasteiger charge is -2.18. The quantitative estimate of drug-likeness (QED) is 0.487. The zero-order chi connectivity index (χ0) is 14.0. The van der Waals surface area contributed by atoms with E-state index in [9.17, 15) is 10.1 Å². The van der Waals surface area contributed by atoms with Crippen LogP contribution in [0.25, 0.3) is 0 Å². The standard InChI is InChI=1S/C13H12ClN3O2/c1-9-4-3-5-10(6-9)16(2)13-8-11(17(18)19)7-12(14)15-13/h3-8H,1-2H3. The molecule has 0 aliphatic carbocycles. The maximum Gasteiger partial charge on any atom is 0.276 e. The van der Waals surface area contributed by atoms with E-state index < -0.39 is 4.92 Å². The normalized spacial score (nSPS) is 10.3. The molecule has 0 aliphatic rings. The smallest absolute Gasteiger partial charge is 0.276 e. The number of halogens is 1. The first-order chi connectivity index (χ1) is 8.97.